The van der Waals surface area contributed by atoms with Crippen molar-refractivity contribution in [3.8, 4) is 0 Å². The highest BCUT2D eigenvalue weighted by molar-refractivity contribution is 7.90. The minimum atomic E-state index is -3.52. The highest BCUT2D eigenvalue weighted by Gasteiger charge is 2.21. The van der Waals surface area contributed by atoms with Gasteiger partial charge in [-0.15, -0.1) is 12.4 Å². The van der Waals surface area contributed by atoms with Gasteiger partial charge < -0.3 is 15.4 Å². The second-order valence-corrected chi connectivity index (χ2v) is 7.65. The number of anilines is 1. The van der Waals surface area contributed by atoms with Crippen molar-refractivity contribution in [2.45, 2.75) is 17.7 Å². The summed E-state index contributed by atoms with van der Waals surface area (Å²) in [5, 5.41) is 5.63. The SMILES string of the molecule is COC(=O)c1cc(NC(=O)CNCC2CC2)cc(S(C)(=O)=O)c1.Cl. The van der Waals surface area contributed by atoms with Gasteiger partial charge in [-0.1, -0.05) is 0 Å². The lowest BCUT2D eigenvalue weighted by Crippen LogP contribution is -2.29. The van der Waals surface area contributed by atoms with Crippen LogP contribution in [0.25, 0.3) is 0 Å². The summed E-state index contributed by atoms with van der Waals surface area (Å²) in [6.45, 7) is 0.928. The van der Waals surface area contributed by atoms with Gasteiger partial charge in [0.1, 0.15) is 0 Å². The fraction of sp³-hybridized carbons (Fsp3) is 0.467. The largest absolute Gasteiger partial charge is 0.465 e. The van der Waals surface area contributed by atoms with Gasteiger partial charge in [0.2, 0.25) is 5.91 Å². The molecule has 0 saturated heterocycles. The molecule has 9 heteroatoms. The van der Waals surface area contributed by atoms with Gasteiger partial charge in [-0.2, -0.15) is 0 Å². The molecule has 7 nitrogen and oxygen atoms in total. The van der Waals surface area contributed by atoms with E-state index in [1.165, 1.54) is 38.2 Å². The third-order valence-electron chi connectivity index (χ3n) is 3.46. The molecular weight excluding hydrogens is 356 g/mol. The van der Waals surface area contributed by atoms with Crippen molar-refractivity contribution < 1.29 is 22.7 Å². The molecule has 2 rings (SSSR count). The van der Waals surface area contributed by atoms with Gasteiger partial charge in [0.15, 0.2) is 9.84 Å². The molecule has 2 N–H and O–H groups in total. The molecule has 0 aromatic heterocycles. The summed E-state index contributed by atoms with van der Waals surface area (Å²) in [4.78, 5) is 23.5. The van der Waals surface area contributed by atoms with E-state index in [2.05, 4.69) is 15.4 Å². The van der Waals surface area contributed by atoms with Gasteiger partial charge in [-0.05, 0) is 43.5 Å². The Morgan fingerprint density at radius 2 is 1.92 bits per heavy atom. The van der Waals surface area contributed by atoms with Crippen LogP contribution in [0.3, 0.4) is 0 Å². The summed E-state index contributed by atoms with van der Waals surface area (Å²) in [5.41, 5.74) is 0.309. The van der Waals surface area contributed by atoms with Gasteiger partial charge in [0.05, 0.1) is 24.1 Å². The first-order chi connectivity index (χ1) is 10.8. The maximum atomic E-state index is 11.9. The zero-order valence-corrected chi connectivity index (χ0v) is 15.1. The topological polar surface area (TPSA) is 102 Å². The van der Waals surface area contributed by atoms with Crippen molar-refractivity contribution in [3.05, 3.63) is 23.8 Å². The summed E-state index contributed by atoms with van der Waals surface area (Å²) in [5.74, 6) is -0.313. The van der Waals surface area contributed by atoms with E-state index >= 15 is 0 Å². The summed E-state index contributed by atoms with van der Waals surface area (Å²) < 4.78 is 28.0. The molecule has 0 unspecified atom stereocenters. The minimum absolute atomic E-state index is 0. The predicted octanol–water partition coefficient (Wildman–Crippen LogP) is 1.24. The van der Waals surface area contributed by atoms with Gasteiger partial charge in [0, 0.05) is 11.9 Å². The van der Waals surface area contributed by atoms with E-state index in [0.717, 1.165) is 12.8 Å². The third-order valence-corrected chi connectivity index (χ3v) is 4.55. The third kappa shape index (κ3) is 6.10. The van der Waals surface area contributed by atoms with Crippen molar-refractivity contribution in [1.29, 1.82) is 0 Å². The number of amides is 1. The average Bonchev–Trinajstić information content (AvgIpc) is 3.29. The number of sulfone groups is 1. The van der Waals surface area contributed by atoms with Crippen LogP contribution in [0, 0.1) is 5.92 Å². The quantitative estimate of drug-likeness (QED) is 0.694. The number of esters is 1. The fourth-order valence-electron chi connectivity index (χ4n) is 2.04. The fourth-order valence-corrected chi connectivity index (χ4v) is 2.72. The molecule has 0 spiro atoms. The molecule has 1 amide bonds. The zero-order valence-electron chi connectivity index (χ0n) is 13.5. The normalized spacial score (nSPS) is 13.8. The van der Waals surface area contributed by atoms with E-state index < -0.39 is 15.8 Å². The molecule has 1 aromatic carbocycles. The Morgan fingerprint density at radius 3 is 2.46 bits per heavy atom. The van der Waals surface area contributed by atoms with E-state index in [9.17, 15) is 18.0 Å². The van der Waals surface area contributed by atoms with Gasteiger partial charge in [-0.25, -0.2) is 13.2 Å². The lowest BCUT2D eigenvalue weighted by molar-refractivity contribution is -0.115. The predicted molar refractivity (Wildman–Crippen MR) is 92.4 cm³/mol. The standard InChI is InChI=1S/C15H20N2O5S.ClH/c1-22-15(19)11-5-12(7-13(6-11)23(2,20)21)17-14(18)9-16-8-10-3-4-10;/h5-7,10,16H,3-4,8-9H2,1-2H3,(H,17,18);1H. The summed E-state index contributed by atoms with van der Waals surface area (Å²) in [7, 11) is -2.32. The van der Waals surface area contributed by atoms with Crippen molar-refractivity contribution in [3.63, 3.8) is 0 Å². The van der Waals surface area contributed by atoms with Crippen LogP contribution in [-0.2, 0) is 19.4 Å². The number of nitrogens with one attached hydrogen (secondary N) is 2. The van der Waals surface area contributed by atoms with Gasteiger partial charge in [0.25, 0.3) is 0 Å². The number of benzene rings is 1. The van der Waals surface area contributed by atoms with E-state index in [1.807, 2.05) is 0 Å². The second kappa shape index (κ2) is 8.46. The summed E-state index contributed by atoms with van der Waals surface area (Å²) in [6, 6.07) is 3.93. The van der Waals surface area contributed by atoms with Crippen LogP contribution in [0.5, 0.6) is 0 Å². The smallest absolute Gasteiger partial charge is 0.337 e. The number of carbonyl (C=O) groups is 2. The van der Waals surface area contributed by atoms with Crippen molar-refractivity contribution >= 4 is 39.8 Å². The van der Waals surface area contributed by atoms with Crippen molar-refractivity contribution in [2.24, 2.45) is 5.92 Å². The van der Waals surface area contributed by atoms with E-state index in [-0.39, 0.29) is 41.0 Å². The highest BCUT2D eigenvalue weighted by Crippen LogP contribution is 2.27. The van der Waals surface area contributed by atoms with Crippen molar-refractivity contribution in [1.82, 2.24) is 5.32 Å². The molecular formula is C15H21ClN2O5S. The Balaban J connectivity index is 0.00000288. The molecule has 0 heterocycles. The number of rotatable bonds is 7. The van der Waals surface area contributed by atoms with Crippen LogP contribution >= 0.6 is 12.4 Å². The minimum Gasteiger partial charge on any atom is -0.465 e. The Labute approximate surface area is 147 Å². The highest BCUT2D eigenvalue weighted by atomic mass is 35.5. The van der Waals surface area contributed by atoms with Crippen LogP contribution in [-0.4, -0.2) is 46.7 Å². The molecule has 1 aromatic rings. The van der Waals surface area contributed by atoms with Crippen LogP contribution in [0.2, 0.25) is 0 Å². The van der Waals surface area contributed by atoms with E-state index in [1.54, 1.807) is 0 Å². The first-order valence-electron chi connectivity index (χ1n) is 7.23. The molecule has 24 heavy (non-hydrogen) atoms. The first kappa shape index (κ1) is 20.4. The monoisotopic (exact) mass is 376 g/mol. The molecule has 1 saturated carbocycles. The summed E-state index contributed by atoms with van der Waals surface area (Å²) in [6.07, 6.45) is 3.41. The summed E-state index contributed by atoms with van der Waals surface area (Å²) >= 11 is 0. The number of carbonyl (C=O) groups excluding carboxylic acids is 2. The maximum absolute atomic E-state index is 11.9. The Kier molecular flexibility index (Phi) is 7.19. The van der Waals surface area contributed by atoms with Gasteiger partial charge in [-0.3, -0.25) is 4.79 Å². The molecule has 1 aliphatic rings. The number of methoxy groups -OCH3 is 1. The Bertz CT molecular complexity index is 717. The number of ether oxygens (including phenoxy) is 1. The molecule has 0 bridgehead atoms. The van der Waals surface area contributed by atoms with E-state index in [4.69, 9.17) is 0 Å². The lowest BCUT2D eigenvalue weighted by Gasteiger charge is -2.10. The van der Waals surface area contributed by atoms with Crippen molar-refractivity contribution in [2.75, 3.05) is 31.8 Å². The maximum Gasteiger partial charge on any atom is 0.337 e. The molecule has 0 aliphatic heterocycles. The first-order valence-corrected chi connectivity index (χ1v) is 9.13. The number of hydrogen-bond donors (Lipinski definition) is 2. The molecule has 134 valence electrons. The number of halogens is 1. The Morgan fingerprint density at radius 1 is 1.25 bits per heavy atom. The second-order valence-electron chi connectivity index (χ2n) is 5.63. The molecule has 1 aliphatic carbocycles. The average molecular weight is 377 g/mol. The molecule has 0 radical (unpaired) electrons. The van der Waals surface area contributed by atoms with E-state index in [0.29, 0.717) is 5.92 Å². The van der Waals surface area contributed by atoms with Gasteiger partial charge >= 0.3 is 5.97 Å². The molecule has 0 atom stereocenters. The van der Waals surface area contributed by atoms with Crippen LogP contribution in [0.4, 0.5) is 5.69 Å². The zero-order chi connectivity index (χ0) is 17.0. The number of hydrogen-bond acceptors (Lipinski definition) is 6. The van der Waals surface area contributed by atoms with Crippen LogP contribution in [0.1, 0.15) is 23.2 Å². The lowest BCUT2D eigenvalue weighted by atomic mass is 10.2. The van der Waals surface area contributed by atoms with Crippen LogP contribution < -0.4 is 10.6 Å². The molecule has 1 fully saturated rings. The Hall–Kier alpha value is -1.64. The van der Waals surface area contributed by atoms with Crippen LogP contribution in [0.15, 0.2) is 23.1 Å².